The van der Waals surface area contributed by atoms with Crippen LogP contribution < -0.4 is 16.4 Å². The second-order valence-electron chi connectivity index (χ2n) is 6.67. The lowest BCUT2D eigenvalue weighted by Crippen LogP contribution is -2.13. The predicted octanol–water partition coefficient (Wildman–Crippen LogP) is 4.36. The van der Waals surface area contributed by atoms with Crippen molar-refractivity contribution in [2.75, 3.05) is 5.32 Å². The maximum atomic E-state index is 5.64. The van der Waals surface area contributed by atoms with E-state index in [1.807, 2.05) is 0 Å². The van der Waals surface area contributed by atoms with Gasteiger partial charge in [-0.3, -0.25) is 0 Å². The molecule has 0 fully saturated rings. The zero-order valence-electron chi connectivity index (χ0n) is 15.3. The topological polar surface area (TPSA) is 50.1 Å². The molecule has 3 aromatic carbocycles. The van der Waals surface area contributed by atoms with Gasteiger partial charge in [-0.05, 0) is 41.3 Å². The van der Waals surface area contributed by atoms with E-state index in [9.17, 15) is 0 Å². The molecule has 3 heteroatoms. The molecule has 0 aliphatic heterocycles. The Hall–Kier alpha value is -2.62. The van der Waals surface area contributed by atoms with E-state index in [1.165, 1.54) is 22.3 Å². The van der Waals surface area contributed by atoms with Crippen molar-refractivity contribution >= 4 is 5.69 Å². The normalized spacial score (nSPS) is 10.7. The van der Waals surface area contributed by atoms with Gasteiger partial charge in [-0.15, -0.1) is 0 Å². The van der Waals surface area contributed by atoms with Gasteiger partial charge in [0.2, 0.25) is 0 Å². The summed E-state index contributed by atoms with van der Waals surface area (Å²) in [5, 5.41) is 7.01. The second kappa shape index (κ2) is 9.18. The summed E-state index contributed by atoms with van der Waals surface area (Å²) < 4.78 is 0. The van der Waals surface area contributed by atoms with Crippen molar-refractivity contribution in [2.24, 2.45) is 5.73 Å². The summed E-state index contributed by atoms with van der Waals surface area (Å²) >= 11 is 0. The summed E-state index contributed by atoms with van der Waals surface area (Å²) in [6.45, 7) is 5.26. The average Bonchev–Trinajstić information content (AvgIpc) is 2.67. The van der Waals surface area contributed by atoms with E-state index in [1.54, 1.807) is 0 Å². The van der Waals surface area contributed by atoms with Gasteiger partial charge >= 0.3 is 0 Å². The lowest BCUT2D eigenvalue weighted by Gasteiger charge is -2.10. The van der Waals surface area contributed by atoms with E-state index >= 15 is 0 Å². The van der Waals surface area contributed by atoms with Gasteiger partial charge in [0.25, 0.3) is 0 Å². The Morgan fingerprint density at radius 1 is 0.692 bits per heavy atom. The highest BCUT2D eigenvalue weighted by molar-refractivity contribution is 5.46. The highest BCUT2D eigenvalue weighted by Crippen LogP contribution is 2.13. The number of nitrogens with two attached hydrogens (primary N) is 1. The van der Waals surface area contributed by atoms with Crippen molar-refractivity contribution < 1.29 is 0 Å². The van der Waals surface area contributed by atoms with Crippen LogP contribution in [0.4, 0.5) is 5.69 Å². The molecule has 3 rings (SSSR count). The van der Waals surface area contributed by atoms with Crippen LogP contribution in [0.1, 0.15) is 27.8 Å². The monoisotopic (exact) mass is 345 g/mol. The minimum atomic E-state index is 0.589. The molecule has 3 nitrogen and oxygen atoms in total. The Bertz CT molecular complexity index is 825. The van der Waals surface area contributed by atoms with E-state index < -0.39 is 0 Å². The largest absolute Gasteiger partial charge is 0.381 e. The molecule has 0 aliphatic rings. The number of hydrogen-bond acceptors (Lipinski definition) is 3. The summed E-state index contributed by atoms with van der Waals surface area (Å²) in [6.07, 6.45) is 0. The van der Waals surface area contributed by atoms with Gasteiger partial charge in [0, 0.05) is 31.9 Å². The molecule has 0 radical (unpaired) electrons. The lowest BCUT2D eigenvalue weighted by atomic mass is 10.1. The van der Waals surface area contributed by atoms with E-state index in [2.05, 4.69) is 90.4 Å². The van der Waals surface area contributed by atoms with Crippen LogP contribution in [0.15, 0.2) is 72.8 Å². The van der Waals surface area contributed by atoms with Gasteiger partial charge in [0.1, 0.15) is 0 Å². The van der Waals surface area contributed by atoms with Crippen LogP contribution in [0.25, 0.3) is 0 Å². The maximum absolute atomic E-state index is 5.64. The molecule has 0 heterocycles. The van der Waals surface area contributed by atoms with Crippen LogP contribution in [-0.4, -0.2) is 0 Å². The first-order valence-corrected chi connectivity index (χ1v) is 9.10. The Kier molecular flexibility index (Phi) is 6.42. The van der Waals surface area contributed by atoms with Crippen LogP contribution >= 0.6 is 0 Å². The third-order valence-corrected chi connectivity index (χ3v) is 4.42. The molecule has 3 aromatic rings. The molecule has 134 valence electrons. The molecule has 26 heavy (non-hydrogen) atoms. The molecule has 0 unspecified atom stereocenters. The van der Waals surface area contributed by atoms with Crippen molar-refractivity contribution in [3.05, 3.63) is 101 Å². The standard InChI is InChI=1S/C23H27N3/c1-18-4-2-5-21(12-18)15-25-16-22-6-3-7-23(13-22)26-17-20-10-8-19(14-24)9-11-20/h2-13,25-26H,14-17,24H2,1H3. The van der Waals surface area contributed by atoms with Crippen LogP contribution in [0.5, 0.6) is 0 Å². The van der Waals surface area contributed by atoms with Crippen LogP contribution in [0, 0.1) is 6.92 Å². The molecular formula is C23H27N3. The minimum absolute atomic E-state index is 0.589. The highest BCUT2D eigenvalue weighted by atomic mass is 14.9. The molecule has 0 saturated carbocycles. The van der Waals surface area contributed by atoms with Gasteiger partial charge in [-0.2, -0.15) is 0 Å². The molecule has 0 aromatic heterocycles. The van der Waals surface area contributed by atoms with Crippen molar-refractivity contribution in [1.29, 1.82) is 0 Å². The van der Waals surface area contributed by atoms with Gasteiger partial charge in [0.15, 0.2) is 0 Å². The quantitative estimate of drug-likeness (QED) is 0.569. The van der Waals surface area contributed by atoms with Crippen molar-refractivity contribution in [1.82, 2.24) is 5.32 Å². The highest BCUT2D eigenvalue weighted by Gasteiger charge is 1.99. The molecule has 0 saturated heterocycles. The van der Waals surface area contributed by atoms with Gasteiger partial charge in [-0.1, -0.05) is 66.2 Å². The Morgan fingerprint density at radius 2 is 1.35 bits per heavy atom. The molecule has 0 amide bonds. The zero-order valence-corrected chi connectivity index (χ0v) is 15.3. The molecular weight excluding hydrogens is 318 g/mol. The fourth-order valence-electron chi connectivity index (χ4n) is 2.96. The summed E-state index contributed by atoms with van der Waals surface area (Å²) in [5.74, 6) is 0. The zero-order chi connectivity index (χ0) is 18.2. The van der Waals surface area contributed by atoms with Crippen molar-refractivity contribution in [2.45, 2.75) is 33.1 Å². The first kappa shape index (κ1) is 18.2. The van der Waals surface area contributed by atoms with E-state index in [0.29, 0.717) is 6.54 Å². The Balaban J connectivity index is 1.50. The predicted molar refractivity (Wildman–Crippen MR) is 110 cm³/mol. The third-order valence-electron chi connectivity index (χ3n) is 4.42. The molecule has 4 N–H and O–H groups in total. The maximum Gasteiger partial charge on any atom is 0.0400 e. The van der Waals surface area contributed by atoms with E-state index in [4.69, 9.17) is 5.73 Å². The fourth-order valence-corrected chi connectivity index (χ4v) is 2.96. The Labute approximate surface area is 156 Å². The van der Waals surface area contributed by atoms with Gasteiger partial charge in [0.05, 0.1) is 0 Å². The third kappa shape index (κ3) is 5.45. The first-order valence-electron chi connectivity index (χ1n) is 9.10. The molecule has 0 spiro atoms. The van der Waals surface area contributed by atoms with E-state index in [-0.39, 0.29) is 0 Å². The summed E-state index contributed by atoms with van der Waals surface area (Å²) in [5.41, 5.74) is 13.1. The van der Waals surface area contributed by atoms with Crippen molar-refractivity contribution in [3.8, 4) is 0 Å². The van der Waals surface area contributed by atoms with E-state index in [0.717, 1.165) is 30.9 Å². The minimum Gasteiger partial charge on any atom is -0.381 e. The van der Waals surface area contributed by atoms with Gasteiger partial charge < -0.3 is 16.4 Å². The summed E-state index contributed by atoms with van der Waals surface area (Å²) in [4.78, 5) is 0. The molecule has 0 aliphatic carbocycles. The second-order valence-corrected chi connectivity index (χ2v) is 6.67. The van der Waals surface area contributed by atoms with Crippen LogP contribution in [0.2, 0.25) is 0 Å². The summed E-state index contributed by atoms with van der Waals surface area (Å²) in [7, 11) is 0. The number of nitrogens with one attached hydrogen (secondary N) is 2. The number of rotatable bonds is 8. The smallest absolute Gasteiger partial charge is 0.0400 e. The fraction of sp³-hybridized carbons (Fsp3) is 0.217. The number of aryl methyl sites for hydroxylation is 1. The number of hydrogen-bond donors (Lipinski definition) is 3. The molecule has 0 atom stereocenters. The van der Waals surface area contributed by atoms with Crippen LogP contribution in [-0.2, 0) is 26.2 Å². The first-order chi connectivity index (χ1) is 12.7. The van der Waals surface area contributed by atoms with Crippen molar-refractivity contribution in [3.63, 3.8) is 0 Å². The lowest BCUT2D eigenvalue weighted by molar-refractivity contribution is 0.693. The number of anilines is 1. The Morgan fingerprint density at radius 3 is 2.04 bits per heavy atom. The van der Waals surface area contributed by atoms with Crippen LogP contribution in [0.3, 0.4) is 0 Å². The summed E-state index contributed by atoms with van der Waals surface area (Å²) in [6, 6.07) is 25.6. The molecule has 0 bridgehead atoms. The van der Waals surface area contributed by atoms with Gasteiger partial charge in [-0.25, -0.2) is 0 Å². The average molecular weight is 345 g/mol. The SMILES string of the molecule is Cc1cccc(CNCc2cccc(NCc3ccc(CN)cc3)c2)c1. The number of benzene rings is 3.